The van der Waals surface area contributed by atoms with Gasteiger partial charge < -0.3 is 5.32 Å². The summed E-state index contributed by atoms with van der Waals surface area (Å²) < 4.78 is 15.5. The molecule has 1 aliphatic rings. The van der Waals surface area contributed by atoms with Crippen LogP contribution in [0.4, 0.5) is 4.39 Å². The van der Waals surface area contributed by atoms with Gasteiger partial charge in [0.1, 0.15) is 11.9 Å². The van der Waals surface area contributed by atoms with E-state index < -0.39 is 5.82 Å². The van der Waals surface area contributed by atoms with Crippen molar-refractivity contribution >= 4 is 11.6 Å². The van der Waals surface area contributed by atoms with E-state index in [0.717, 1.165) is 18.4 Å². The van der Waals surface area contributed by atoms with E-state index in [0.29, 0.717) is 28.5 Å². The minimum absolute atomic E-state index is 0.0720. The number of imidazole rings is 1. The SMILES string of the molecule is Cc1cc(-c2cccc(F)c2C#N)nn2c(C(=O)N[C@@H](C)C3CC3)cnc12. The van der Waals surface area contributed by atoms with Crippen LogP contribution in [0.1, 0.15) is 41.4 Å². The number of amides is 1. The zero-order valence-electron chi connectivity index (χ0n) is 15.0. The number of aryl methyl sites for hydroxylation is 1. The number of hydrogen-bond acceptors (Lipinski definition) is 4. The second-order valence-corrected chi connectivity index (χ2v) is 6.97. The molecule has 6 nitrogen and oxygen atoms in total. The molecule has 4 rings (SSSR count). The predicted molar refractivity (Wildman–Crippen MR) is 97.5 cm³/mol. The van der Waals surface area contributed by atoms with E-state index in [-0.39, 0.29) is 17.5 Å². The summed E-state index contributed by atoms with van der Waals surface area (Å²) in [5, 5.41) is 16.8. The molecule has 1 fully saturated rings. The fourth-order valence-corrected chi connectivity index (χ4v) is 3.25. The lowest BCUT2D eigenvalue weighted by Crippen LogP contribution is -2.34. The van der Waals surface area contributed by atoms with E-state index in [9.17, 15) is 14.4 Å². The van der Waals surface area contributed by atoms with E-state index in [1.54, 1.807) is 12.1 Å². The molecule has 1 saturated carbocycles. The first-order valence-corrected chi connectivity index (χ1v) is 8.85. The third-order valence-corrected chi connectivity index (χ3v) is 4.97. The van der Waals surface area contributed by atoms with Gasteiger partial charge in [0.25, 0.3) is 5.91 Å². The fraction of sp³-hybridized carbons (Fsp3) is 0.300. The molecule has 136 valence electrons. The maximum atomic E-state index is 14.0. The van der Waals surface area contributed by atoms with E-state index >= 15 is 0 Å². The molecule has 2 aromatic heterocycles. The molecule has 1 aromatic carbocycles. The van der Waals surface area contributed by atoms with Crippen LogP contribution in [0.2, 0.25) is 0 Å². The lowest BCUT2D eigenvalue weighted by Gasteiger charge is -2.12. The summed E-state index contributed by atoms with van der Waals surface area (Å²) in [5.74, 6) is -0.314. The second-order valence-electron chi connectivity index (χ2n) is 6.97. The number of carbonyl (C=O) groups is 1. The van der Waals surface area contributed by atoms with Gasteiger partial charge in [0.2, 0.25) is 0 Å². The standard InChI is InChI=1S/C20H18FN5O/c1-11-8-17(14-4-3-5-16(21)15(14)9-22)25-26-18(10-23-19(11)26)20(27)24-12(2)13-6-7-13/h3-5,8,10,12-13H,6-7H2,1-2H3,(H,24,27)/t12-/m0/s1. The van der Waals surface area contributed by atoms with Gasteiger partial charge in [0, 0.05) is 11.6 Å². The zero-order chi connectivity index (χ0) is 19.1. The third kappa shape index (κ3) is 3.04. The van der Waals surface area contributed by atoms with Gasteiger partial charge in [-0.1, -0.05) is 12.1 Å². The normalized spacial score (nSPS) is 14.7. The van der Waals surface area contributed by atoms with E-state index in [2.05, 4.69) is 15.4 Å². The molecule has 0 spiro atoms. The first-order valence-electron chi connectivity index (χ1n) is 8.85. The van der Waals surface area contributed by atoms with Crippen LogP contribution < -0.4 is 5.32 Å². The summed E-state index contributed by atoms with van der Waals surface area (Å²) in [6.45, 7) is 3.84. The molecule has 0 unspecified atom stereocenters. The maximum absolute atomic E-state index is 14.0. The molecule has 1 amide bonds. The van der Waals surface area contributed by atoms with Crippen molar-refractivity contribution in [3.8, 4) is 17.3 Å². The number of nitriles is 1. The van der Waals surface area contributed by atoms with E-state index in [1.807, 2.05) is 19.9 Å². The number of nitrogens with zero attached hydrogens (tertiary/aromatic N) is 4. The van der Waals surface area contributed by atoms with Gasteiger partial charge in [-0.3, -0.25) is 4.79 Å². The quantitative estimate of drug-likeness (QED) is 0.771. The number of rotatable bonds is 4. The fourth-order valence-electron chi connectivity index (χ4n) is 3.25. The molecule has 1 aliphatic carbocycles. The molecule has 27 heavy (non-hydrogen) atoms. The molecule has 7 heteroatoms. The number of halogens is 1. The van der Waals surface area contributed by atoms with Crippen LogP contribution in [0, 0.1) is 30.0 Å². The molecular formula is C20H18FN5O. The second kappa shape index (κ2) is 6.47. The summed E-state index contributed by atoms with van der Waals surface area (Å²) in [4.78, 5) is 17.0. The Bertz CT molecular complexity index is 1090. The van der Waals surface area contributed by atoms with Crippen molar-refractivity contribution in [2.45, 2.75) is 32.7 Å². The minimum Gasteiger partial charge on any atom is -0.348 e. The number of aromatic nitrogens is 3. The van der Waals surface area contributed by atoms with E-state index in [4.69, 9.17) is 0 Å². The Morgan fingerprint density at radius 3 is 2.93 bits per heavy atom. The summed E-state index contributed by atoms with van der Waals surface area (Å²) in [6.07, 6.45) is 3.75. The monoisotopic (exact) mass is 363 g/mol. The van der Waals surface area contributed by atoms with Gasteiger partial charge in [-0.25, -0.2) is 13.9 Å². The average Bonchev–Trinajstić information content (AvgIpc) is 3.40. The van der Waals surface area contributed by atoms with Crippen LogP contribution in [-0.4, -0.2) is 26.5 Å². The third-order valence-electron chi connectivity index (χ3n) is 4.97. The molecule has 0 bridgehead atoms. The Hall–Kier alpha value is -3.27. The van der Waals surface area contributed by atoms with Crippen LogP contribution in [0.25, 0.3) is 16.9 Å². The molecule has 2 heterocycles. The Labute approximate surface area is 155 Å². The summed E-state index contributed by atoms with van der Waals surface area (Å²) >= 11 is 0. The highest BCUT2D eigenvalue weighted by Gasteiger charge is 2.30. The van der Waals surface area contributed by atoms with Crippen LogP contribution in [0.3, 0.4) is 0 Å². The Kier molecular flexibility index (Phi) is 4.11. The number of hydrogen-bond donors (Lipinski definition) is 1. The van der Waals surface area contributed by atoms with Gasteiger partial charge in [0.05, 0.1) is 17.5 Å². The van der Waals surface area contributed by atoms with Crippen molar-refractivity contribution < 1.29 is 9.18 Å². The van der Waals surface area contributed by atoms with Gasteiger partial charge in [-0.2, -0.15) is 10.4 Å². The molecule has 1 atom stereocenters. The Balaban J connectivity index is 1.80. The lowest BCUT2D eigenvalue weighted by molar-refractivity contribution is 0.0928. The molecule has 0 aliphatic heterocycles. The number of nitrogens with one attached hydrogen (secondary N) is 1. The molecule has 0 saturated heterocycles. The van der Waals surface area contributed by atoms with Gasteiger partial charge in [0.15, 0.2) is 11.3 Å². The van der Waals surface area contributed by atoms with Crippen LogP contribution in [0.5, 0.6) is 0 Å². The van der Waals surface area contributed by atoms with Gasteiger partial charge in [-0.05, 0) is 50.3 Å². The number of fused-ring (bicyclic) bond motifs is 1. The summed E-state index contributed by atoms with van der Waals surface area (Å²) in [6, 6.07) is 8.14. The summed E-state index contributed by atoms with van der Waals surface area (Å²) in [5.41, 5.74) is 2.38. The molecule has 0 radical (unpaired) electrons. The average molecular weight is 363 g/mol. The van der Waals surface area contributed by atoms with Crippen molar-refractivity contribution in [1.82, 2.24) is 19.9 Å². The van der Waals surface area contributed by atoms with Gasteiger partial charge >= 0.3 is 0 Å². The highest BCUT2D eigenvalue weighted by Crippen LogP contribution is 2.32. The van der Waals surface area contributed by atoms with Crippen LogP contribution in [0.15, 0.2) is 30.5 Å². The van der Waals surface area contributed by atoms with Crippen LogP contribution in [-0.2, 0) is 0 Å². The smallest absolute Gasteiger partial charge is 0.271 e. The predicted octanol–water partition coefficient (Wildman–Crippen LogP) is 3.24. The number of carbonyl (C=O) groups excluding carboxylic acids is 1. The maximum Gasteiger partial charge on any atom is 0.271 e. The first-order chi connectivity index (χ1) is 13.0. The van der Waals surface area contributed by atoms with Crippen molar-refractivity contribution in [3.05, 3.63) is 53.1 Å². The molecular weight excluding hydrogens is 345 g/mol. The topological polar surface area (TPSA) is 83.1 Å². The highest BCUT2D eigenvalue weighted by atomic mass is 19.1. The summed E-state index contributed by atoms with van der Waals surface area (Å²) in [7, 11) is 0. The minimum atomic E-state index is -0.601. The van der Waals surface area contributed by atoms with Crippen molar-refractivity contribution in [1.29, 1.82) is 5.26 Å². The van der Waals surface area contributed by atoms with Crippen molar-refractivity contribution in [2.24, 2.45) is 5.92 Å². The lowest BCUT2D eigenvalue weighted by atomic mass is 10.0. The Morgan fingerprint density at radius 2 is 2.22 bits per heavy atom. The molecule has 3 aromatic rings. The van der Waals surface area contributed by atoms with E-state index in [1.165, 1.54) is 22.8 Å². The van der Waals surface area contributed by atoms with Crippen molar-refractivity contribution in [2.75, 3.05) is 0 Å². The Morgan fingerprint density at radius 1 is 1.44 bits per heavy atom. The van der Waals surface area contributed by atoms with Gasteiger partial charge in [-0.15, -0.1) is 0 Å². The zero-order valence-corrected chi connectivity index (χ0v) is 15.0. The molecule has 1 N–H and O–H groups in total. The van der Waals surface area contributed by atoms with Crippen molar-refractivity contribution in [3.63, 3.8) is 0 Å². The number of benzene rings is 1. The first kappa shape index (κ1) is 17.2. The van der Waals surface area contributed by atoms with Crippen LogP contribution >= 0.6 is 0 Å². The highest BCUT2D eigenvalue weighted by molar-refractivity contribution is 5.93. The largest absolute Gasteiger partial charge is 0.348 e.